The number of benzene rings is 2. The summed E-state index contributed by atoms with van der Waals surface area (Å²) in [7, 11) is 2.30. The molecule has 2 rings (SSSR count). The molecule has 0 aliphatic carbocycles. The molecule has 0 amide bonds. The topological polar surface area (TPSA) is 57.2 Å². The Morgan fingerprint density at radius 1 is 0.926 bits per heavy atom. The molecule has 0 atom stereocenters. The molecular formula is C21H30O5Si. The average Bonchev–Trinajstić information content (AvgIpc) is 2.71. The Morgan fingerprint density at radius 2 is 1.59 bits per heavy atom. The largest absolute Gasteiger partial charge is 0.508 e. The van der Waals surface area contributed by atoms with Gasteiger partial charge in [-0.2, -0.15) is 0 Å². The Kier molecular flexibility index (Phi) is 8.31. The summed E-state index contributed by atoms with van der Waals surface area (Å²) < 4.78 is 22.1. The minimum Gasteiger partial charge on any atom is -0.508 e. The van der Waals surface area contributed by atoms with Crippen molar-refractivity contribution >= 4 is 8.80 Å². The van der Waals surface area contributed by atoms with E-state index >= 15 is 0 Å². The van der Waals surface area contributed by atoms with E-state index in [0.717, 1.165) is 47.7 Å². The lowest BCUT2D eigenvalue weighted by molar-refractivity contribution is 0.123. The molecule has 1 N–H and O–H groups in total. The molecule has 0 bridgehead atoms. The first-order chi connectivity index (χ1) is 13.1. The maximum Gasteiger partial charge on any atom is 0.500 e. The van der Waals surface area contributed by atoms with E-state index in [-0.39, 0.29) is 5.75 Å². The summed E-state index contributed by atoms with van der Waals surface area (Å²) in [4.78, 5) is 0. The van der Waals surface area contributed by atoms with Crippen molar-refractivity contribution in [2.75, 3.05) is 27.9 Å². The summed E-state index contributed by atoms with van der Waals surface area (Å²) >= 11 is 0. The number of hydrogen-bond donors (Lipinski definition) is 1. The van der Waals surface area contributed by atoms with Crippen LogP contribution in [0.3, 0.4) is 0 Å². The van der Waals surface area contributed by atoms with Gasteiger partial charge in [-0.05, 0) is 60.2 Å². The number of phenols is 1. The summed E-state index contributed by atoms with van der Waals surface area (Å²) in [6.07, 6.45) is 2.62. The predicted molar refractivity (Wildman–Crippen MR) is 109 cm³/mol. The maximum absolute atomic E-state index is 9.94. The zero-order chi connectivity index (χ0) is 19.7. The van der Waals surface area contributed by atoms with Crippen LogP contribution in [0, 0.1) is 0 Å². The number of rotatable bonds is 11. The first kappa shape index (κ1) is 21.4. The molecule has 5 nitrogen and oxygen atoms in total. The monoisotopic (exact) mass is 390 g/mol. The third-order valence-corrected chi connectivity index (χ3v) is 7.42. The molecule has 0 radical (unpaired) electrons. The van der Waals surface area contributed by atoms with Gasteiger partial charge in [-0.1, -0.05) is 25.1 Å². The van der Waals surface area contributed by atoms with E-state index in [4.69, 9.17) is 18.0 Å². The standard InChI is InChI=1S/C21H30O5Si/c1-5-14-26-20-11-8-17(9-12-20)21-13-10-19(22)16-18(21)7-6-15-27(23-2,24-3)25-4/h8-13,16,22H,5-7,14-15H2,1-4H3. The fourth-order valence-electron chi connectivity index (χ4n) is 3.07. The van der Waals surface area contributed by atoms with Crippen molar-refractivity contribution < 1.29 is 23.1 Å². The zero-order valence-corrected chi connectivity index (χ0v) is 17.7. The SMILES string of the molecule is CCCOc1ccc(-c2ccc(O)cc2CCC[Si](OC)(OC)OC)cc1. The lowest BCUT2D eigenvalue weighted by atomic mass is 9.96. The molecule has 27 heavy (non-hydrogen) atoms. The second-order valence-electron chi connectivity index (χ2n) is 6.36. The van der Waals surface area contributed by atoms with Crippen LogP contribution < -0.4 is 4.74 Å². The molecule has 0 heterocycles. The molecule has 0 fully saturated rings. The van der Waals surface area contributed by atoms with E-state index in [0.29, 0.717) is 6.61 Å². The molecule has 0 saturated heterocycles. The molecule has 6 heteroatoms. The van der Waals surface area contributed by atoms with Gasteiger partial charge >= 0.3 is 8.80 Å². The minimum atomic E-state index is -2.58. The van der Waals surface area contributed by atoms with Gasteiger partial charge < -0.3 is 23.1 Å². The van der Waals surface area contributed by atoms with Crippen LogP contribution in [0.15, 0.2) is 42.5 Å². The first-order valence-corrected chi connectivity index (χ1v) is 11.2. The van der Waals surface area contributed by atoms with E-state index in [1.807, 2.05) is 24.3 Å². The average molecular weight is 391 g/mol. The van der Waals surface area contributed by atoms with Gasteiger partial charge in [0.25, 0.3) is 0 Å². The fourth-order valence-corrected chi connectivity index (χ4v) is 4.79. The summed E-state index contributed by atoms with van der Waals surface area (Å²) in [6.45, 7) is 2.80. The summed E-state index contributed by atoms with van der Waals surface area (Å²) in [5, 5.41) is 9.94. The highest BCUT2D eigenvalue weighted by molar-refractivity contribution is 6.60. The summed E-state index contributed by atoms with van der Waals surface area (Å²) in [6, 6.07) is 14.3. The first-order valence-electron chi connectivity index (χ1n) is 9.28. The van der Waals surface area contributed by atoms with Gasteiger partial charge in [-0.3, -0.25) is 0 Å². The van der Waals surface area contributed by atoms with E-state index in [1.165, 1.54) is 0 Å². The van der Waals surface area contributed by atoms with Crippen LogP contribution >= 0.6 is 0 Å². The van der Waals surface area contributed by atoms with Crippen molar-refractivity contribution in [1.82, 2.24) is 0 Å². The number of phenolic OH excluding ortho intramolecular Hbond substituents is 1. The van der Waals surface area contributed by atoms with E-state index in [9.17, 15) is 5.11 Å². The Balaban J connectivity index is 2.14. The van der Waals surface area contributed by atoms with Crippen molar-refractivity contribution in [3.05, 3.63) is 48.0 Å². The number of ether oxygens (including phenoxy) is 1. The molecule has 0 saturated carbocycles. The second-order valence-corrected chi connectivity index (χ2v) is 9.45. The molecule has 0 aliphatic heterocycles. The van der Waals surface area contributed by atoms with Gasteiger partial charge in [0.15, 0.2) is 0 Å². The van der Waals surface area contributed by atoms with Crippen molar-refractivity contribution in [2.24, 2.45) is 0 Å². The highest BCUT2D eigenvalue weighted by atomic mass is 28.4. The van der Waals surface area contributed by atoms with Crippen molar-refractivity contribution in [3.63, 3.8) is 0 Å². The third kappa shape index (κ3) is 5.81. The van der Waals surface area contributed by atoms with Crippen LogP contribution in [0.25, 0.3) is 11.1 Å². The van der Waals surface area contributed by atoms with Gasteiger partial charge in [0.1, 0.15) is 11.5 Å². The van der Waals surface area contributed by atoms with Crippen molar-refractivity contribution in [3.8, 4) is 22.6 Å². The lowest BCUT2D eigenvalue weighted by Crippen LogP contribution is -2.42. The summed E-state index contributed by atoms with van der Waals surface area (Å²) in [5.41, 5.74) is 3.29. The Morgan fingerprint density at radius 3 is 2.19 bits per heavy atom. The van der Waals surface area contributed by atoms with Crippen LogP contribution in [0.5, 0.6) is 11.5 Å². The van der Waals surface area contributed by atoms with Crippen LogP contribution in [0.2, 0.25) is 6.04 Å². The smallest absolute Gasteiger partial charge is 0.500 e. The Hall–Kier alpha value is -1.86. The second kappa shape index (κ2) is 10.5. The quantitative estimate of drug-likeness (QED) is 0.566. The normalized spacial score (nSPS) is 11.6. The van der Waals surface area contributed by atoms with Gasteiger partial charge in [-0.25, -0.2) is 0 Å². The number of aryl methyl sites for hydroxylation is 1. The van der Waals surface area contributed by atoms with E-state index in [2.05, 4.69) is 19.1 Å². The zero-order valence-electron chi connectivity index (χ0n) is 16.7. The molecule has 0 aromatic heterocycles. The van der Waals surface area contributed by atoms with Crippen molar-refractivity contribution in [1.29, 1.82) is 0 Å². The third-order valence-electron chi connectivity index (χ3n) is 4.59. The number of aromatic hydroxyl groups is 1. The maximum atomic E-state index is 9.94. The lowest BCUT2D eigenvalue weighted by Gasteiger charge is -2.24. The van der Waals surface area contributed by atoms with Crippen LogP contribution in [-0.2, 0) is 19.7 Å². The molecule has 0 spiro atoms. The Bertz CT molecular complexity index is 690. The van der Waals surface area contributed by atoms with Gasteiger partial charge in [0, 0.05) is 27.4 Å². The van der Waals surface area contributed by atoms with Crippen LogP contribution in [0.4, 0.5) is 0 Å². The van der Waals surface area contributed by atoms with Crippen LogP contribution in [0.1, 0.15) is 25.3 Å². The highest BCUT2D eigenvalue weighted by Gasteiger charge is 2.36. The van der Waals surface area contributed by atoms with Crippen LogP contribution in [-0.4, -0.2) is 41.8 Å². The predicted octanol–water partition coefficient (Wildman–Crippen LogP) is 4.66. The fraction of sp³-hybridized carbons (Fsp3) is 0.429. The number of hydrogen-bond acceptors (Lipinski definition) is 5. The van der Waals surface area contributed by atoms with Gasteiger partial charge in [0.2, 0.25) is 0 Å². The van der Waals surface area contributed by atoms with Gasteiger partial charge in [-0.15, -0.1) is 0 Å². The molecule has 0 aliphatic rings. The highest BCUT2D eigenvalue weighted by Crippen LogP contribution is 2.30. The molecule has 0 unspecified atom stereocenters. The van der Waals surface area contributed by atoms with E-state index < -0.39 is 8.80 Å². The Labute approximate surface area is 163 Å². The van der Waals surface area contributed by atoms with Gasteiger partial charge in [0.05, 0.1) is 6.61 Å². The van der Waals surface area contributed by atoms with Crippen molar-refractivity contribution in [2.45, 2.75) is 32.2 Å². The molecule has 2 aromatic rings. The summed E-state index contributed by atoms with van der Waals surface area (Å²) in [5.74, 6) is 1.14. The molecule has 2 aromatic carbocycles. The molecular weight excluding hydrogens is 360 g/mol. The van der Waals surface area contributed by atoms with E-state index in [1.54, 1.807) is 27.4 Å². The minimum absolute atomic E-state index is 0.269. The molecule has 148 valence electrons.